The van der Waals surface area contributed by atoms with Gasteiger partial charge in [-0.1, -0.05) is 6.07 Å². The van der Waals surface area contributed by atoms with Gasteiger partial charge in [-0.15, -0.1) is 0 Å². The quantitative estimate of drug-likeness (QED) is 0.556. The molecule has 2 rings (SSSR count). The van der Waals surface area contributed by atoms with Crippen LogP contribution in [-0.4, -0.2) is 72.3 Å². The number of pyridine rings is 1. The lowest BCUT2D eigenvalue weighted by molar-refractivity contribution is -0.154. The van der Waals surface area contributed by atoms with Gasteiger partial charge in [-0.05, 0) is 25.1 Å². The van der Waals surface area contributed by atoms with Crippen LogP contribution in [0.15, 0.2) is 24.4 Å². The molecule has 8 nitrogen and oxygen atoms in total. The van der Waals surface area contributed by atoms with E-state index in [4.69, 9.17) is 5.73 Å². The fourth-order valence-electron chi connectivity index (χ4n) is 2.40. The van der Waals surface area contributed by atoms with Gasteiger partial charge in [0.05, 0.1) is 0 Å². The number of piperazine rings is 1. The summed E-state index contributed by atoms with van der Waals surface area (Å²) in [4.78, 5) is 43.9. The molecular formula is C15H21N5O3. The summed E-state index contributed by atoms with van der Waals surface area (Å²) in [6.45, 7) is 2.56. The molecule has 1 fully saturated rings. The average Bonchev–Trinajstić information content (AvgIpc) is 2.62. The van der Waals surface area contributed by atoms with E-state index in [1.54, 1.807) is 6.20 Å². The van der Waals surface area contributed by atoms with E-state index in [2.05, 4.69) is 9.88 Å². The highest BCUT2D eigenvalue weighted by atomic mass is 16.2. The smallest absolute Gasteiger partial charge is 0.318 e. The Balaban J connectivity index is 1.90. The fraction of sp³-hybridized carbons (Fsp3) is 0.467. The predicted octanol–water partition coefficient (Wildman–Crippen LogP) is -0.936. The van der Waals surface area contributed by atoms with Crippen LogP contribution in [0.5, 0.6) is 0 Å². The molecule has 3 amide bonds. The van der Waals surface area contributed by atoms with Crippen molar-refractivity contribution < 1.29 is 14.4 Å². The maximum atomic E-state index is 12.2. The summed E-state index contributed by atoms with van der Waals surface area (Å²) < 4.78 is 0. The highest BCUT2D eigenvalue weighted by Gasteiger charge is 2.29. The number of carbonyl (C=O) groups is 3. The Morgan fingerprint density at radius 3 is 2.57 bits per heavy atom. The zero-order valence-electron chi connectivity index (χ0n) is 12.9. The van der Waals surface area contributed by atoms with Gasteiger partial charge in [-0.2, -0.15) is 0 Å². The molecule has 23 heavy (non-hydrogen) atoms. The molecule has 2 N–H and O–H groups in total. The van der Waals surface area contributed by atoms with Crippen LogP contribution in [0.4, 0.5) is 5.82 Å². The molecule has 124 valence electrons. The van der Waals surface area contributed by atoms with E-state index in [0.29, 0.717) is 45.6 Å². The summed E-state index contributed by atoms with van der Waals surface area (Å²) in [7, 11) is 0. The zero-order valence-corrected chi connectivity index (χ0v) is 12.9. The Bertz CT molecular complexity index is 543. The monoisotopic (exact) mass is 319 g/mol. The molecule has 0 radical (unpaired) electrons. The number of carbonyl (C=O) groups excluding carboxylic acids is 3. The first kappa shape index (κ1) is 16.9. The van der Waals surface area contributed by atoms with Crippen molar-refractivity contribution in [2.24, 2.45) is 5.73 Å². The Hall–Kier alpha value is -2.48. The number of amides is 3. The van der Waals surface area contributed by atoms with Gasteiger partial charge in [-0.3, -0.25) is 19.3 Å². The topological polar surface area (TPSA) is 99.8 Å². The number of imide groups is 1. The normalized spacial score (nSPS) is 14.5. The first-order valence-corrected chi connectivity index (χ1v) is 7.58. The van der Waals surface area contributed by atoms with Crippen molar-refractivity contribution in [2.75, 3.05) is 44.2 Å². The summed E-state index contributed by atoms with van der Waals surface area (Å²) in [6.07, 6.45) is 2.58. The van der Waals surface area contributed by atoms with Crippen molar-refractivity contribution in [2.45, 2.75) is 6.42 Å². The molecule has 0 bridgehead atoms. The third kappa shape index (κ3) is 4.26. The molecule has 0 unspecified atom stereocenters. The molecule has 0 aliphatic carbocycles. The minimum atomic E-state index is -0.792. The van der Waals surface area contributed by atoms with Gasteiger partial charge in [0.1, 0.15) is 5.82 Å². The number of nitrogens with two attached hydrogens (primary N) is 1. The van der Waals surface area contributed by atoms with Gasteiger partial charge in [0.15, 0.2) is 0 Å². The van der Waals surface area contributed by atoms with Crippen LogP contribution in [0.1, 0.15) is 6.42 Å². The van der Waals surface area contributed by atoms with Crippen LogP contribution >= 0.6 is 0 Å². The molecule has 1 aromatic heterocycles. The van der Waals surface area contributed by atoms with Gasteiger partial charge in [-0.25, -0.2) is 4.98 Å². The molecule has 1 saturated heterocycles. The summed E-state index contributed by atoms with van der Waals surface area (Å²) in [5, 5.41) is 0. The minimum Gasteiger partial charge on any atom is -0.353 e. The number of nitrogens with zero attached hydrogens (tertiary/aromatic N) is 4. The highest BCUT2D eigenvalue weighted by molar-refractivity contribution is 6.36. The standard InChI is InChI=1S/C15H21N5O3/c16-5-3-7-20(12-21)15(23)14(22)19-10-8-18(9-11-19)13-4-1-2-6-17-13/h1-2,4,6,12H,3,5,7-11,16H2. The molecule has 1 aliphatic heterocycles. The van der Waals surface area contributed by atoms with Crippen LogP contribution in [0.3, 0.4) is 0 Å². The SMILES string of the molecule is NCCCN(C=O)C(=O)C(=O)N1CCN(c2ccccn2)CC1. The van der Waals surface area contributed by atoms with Crippen LogP contribution in [0, 0.1) is 0 Å². The maximum Gasteiger partial charge on any atom is 0.318 e. The molecule has 0 saturated carbocycles. The van der Waals surface area contributed by atoms with Crippen molar-refractivity contribution in [1.29, 1.82) is 0 Å². The summed E-state index contributed by atoms with van der Waals surface area (Å²) in [5.74, 6) is -0.585. The van der Waals surface area contributed by atoms with Crippen LogP contribution in [0.2, 0.25) is 0 Å². The van der Waals surface area contributed by atoms with Crippen molar-refractivity contribution >= 4 is 24.0 Å². The number of hydrogen-bond donors (Lipinski definition) is 1. The third-order valence-corrected chi connectivity index (χ3v) is 3.71. The van der Waals surface area contributed by atoms with Gasteiger partial charge in [0.2, 0.25) is 6.41 Å². The summed E-state index contributed by atoms with van der Waals surface area (Å²) in [6, 6.07) is 5.66. The Kier molecular flexibility index (Phi) is 6.04. The van der Waals surface area contributed by atoms with E-state index in [1.807, 2.05) is 18.2 Å². The zero-order chi connectivity index (χ0) is 16.7. The van der Waals surface area contributed by atoms with E-state index >= 15 is 0 Å². The van der Waals surface area contributed by atoms with Crippen LogP contribution in [-0.2, 0) is 14.4 Å². The number of hydrogen-bond acceptors (Lipinski definition) is 6. The average molecular weight is 319 g/mol. The second-order valence-electron chi connectivity index (χ2n) is 5.21. The first-order valence-electron chi connectivity index (χ1n) is 7.58. The minimum absolute atomic E-state index is 0.165. The van der Waals surface area contributed by atoms with Crippen LogP contribution in [0.25, 0.3) is 0 Å². The third-order valence-electron chi connectivity index (χ3n) is 3.71. The van der Waals surface area contributed by atoms with Crippen molar-refractivity contribution in [3.05, 3.63) is 24.4 Å². The number of aromatic nitrogens is 1. The van der Waals surface area contributed by atoms with Crippen molar-refractivity contribution in [1.82, 2.24) is 14.8 Å². The summed E-state index contributed by atoms with van der Waals surface area (Å²) in [5.41, 5.74) is 5.36. The predicted molar refractivity (Wildman–Crippen MR) is 84.5 cm³/mol. The van der Waals surface area contributed by atoms with E-state index in [9.17, 15) is 14.4 Å². The lowest BCUT2D eigenvalue weighted by Gasteiger charge is -2.35. The van der Waals surface area contributed by atoms with Gasteiger partial charge in [0, 0.05) is 38.9 Å². The van der Waals surface area contributed by atoms with Gasteiger partial charge >= 0.3 is 11.8 Å². The largest absolute Gasteiger partial charge is 0.353 e. The molecule has 0 spiro atoms. The van der Waals surface area contributed by atoms with Crippen molar-refractivity contribution in [3.63, 3.8) is 0 Å². The second kappa shape index (κ2) is 8.23. The highest BCUT2D eigenvalue weighted by Crippen LogP contribution is 2.12. The first-order chi connectivity index (χ1) is 11.2. The lowest BCUT2D eigenvalue weighted by atomic mass is 10.3. The molecule has 0 aromatic carbocycles. The van der Waals surface area contributed by atoms with E-state index in [0.717, 1.165) is 10.7 Å². The Morgan fingerprint density at radius 2 is 2.00 bits per heavy atom. The molecular weight excluding hydrogens is 298 g/mol. The number of anilines is 1. The van der Waals surface area contributed by atoms with E-state index in [-0.39, 0.29) is 6.54 Å². The maximum absolute atomic E-state index is 12.2. The molecule has 1 aliphatic rings. The Labute approximate surface area is 134 Å². The molecule has 1 aromatic rings. The van der Waals surface area contributed by atoms with Crippen LogP contribution < -0.4 is 10.6 Å². The van der Waals surface area contributed by atoms with Crippen molar-refractivity contribution in [3.8, 4) is 0 Å². The summed E-state index contributed by atoms with van der Waals surface area (Å²) >= 11 is 0. The Morgan fingerprint density at radius 1 is 1.26 bits per heavy atom. The molecule has 0 atom stereocenters. The van der Waals surface area contributed by atoms with E-state index < -0.39 is 11.8 Å². The number of rotatable bonds is 5. The van der Waals surface area contributed by atoms with E-state index in [1.165, 1.54) is 4.90 Å². The molecule has 8 heteroatoms. The van der Waals surface area contributed by atoms with Gasteiger partial charge in [0.25, 0.3) is 0 Å². The van der Waals surface area contributed by atoms with Gasteiger partial charge < -0.3 is 15.5 Å². The fourth-order valence-corrected chi connectivity index (χ4v) is 2.40. The lowest BCUT2D eigenvalue weighted by Crippen LogP contribution is -2.53. The second-order valence-corrected chi connectivity index (χ2v) is 5.21. The molecule has 2 heterocycles.